The fourth-order valence-electron chi connectivity index (χ4n) is 2.96. The lowest BCUT2D eigenvalue weighted by Gasteiger charge is -2.16. The SMILES string of the molecule is Cc1nc2cc(=O)[nH]n2c(C)c1CC(=O)Nc1ccccc1S(=O)(=O)N(C)C. The number of benzene rings is 1. The number of aromatic amines is 1. The summed E-state index contributed by atoms with van der Waals surface area (Å²) in [6.07, 6.45) is -0.0167. The predicted molar refractivity (Wildman–Crippen MR) is 105 cm³/mol. The second-order valence-electron chi connectivity index (χ2n) is 6.58. The van der Waals surface area contributed by atoms with Crippen molar-refractivity contribution in [2.24, 2.45) is 0 Å². The average Bonchev–Trinajstić information content (AvgIpc) is 2.99. The number of H-pyrrole nitrogens is 1. The lowest BCUT2D eigenvalue weighted by Crippen LogP contribution is -2.25. The van der Waals surface area contributed by atoms with Gasteiger partial charge in [-0.1, -0.05) is 12.1 Å². The van der Waals surface area contributed by atoms with E-state index in [0.717, 1.165) is 4.31 Å². The van der Waals surface area contributed by atoms with Crippen LogP contribution in [0.2, 0.25) is 0 Å². The molecule has 10 heteroatoms. The summed E-state index contributed by atoms with van der Waals surface area (Å²) in [4.78, 5) is 28.6. The number of sulfonamides is 1. The van der Waals surface area contributed by atoms with Crippen molar-refractivity contribution in [1.82, 2.24) is 18.9 Å². The first kappa shape index (κ1) is 19.8. The van der Waals surface area contributed by atoms with E-state index >= 15 is 0 Å². The quantitative estimate of drug-likeness (QED) is 0.661. The largest absolute Gasteiger partial charge is 0.325 e. The number of fused-ring (bicyclic) bond motifs is 1. The predicted octanol–water partition coefficient (Wildman–Crippen LogP) is 1.07. The lowest BCUT2D eigenvalue weighted by molar-refractivity contribution is -0.115. The first-order chi connectivity index (χ1) is 13.1. The molecule has 0 spiro atoms. The summed E-state index contributed by atoms with van der Waals surface area (Å²) in [5, 5.41) is 5.31. The van der Waals surface area contributed by atoms with Crippen molar-refractivity contribution in [3.05, 3.63) is 57.6 Å². The fraction of sp³-hybridized carbons (Fsp3) is 0.278. The van der Waals surface area contributed by atoms with Gasteiger partial charge in [0.05, 0.1) is 12.1 Å². The van der Waals surface area contributed by atoms with Crippen LogP contribution in [0, 0.1) is 13.8 Å². The number of nitrogens with one attached hydrogen (secondary N) is 2. The molecule has 28 heavy (non-hydrogen) atoms. The molecule has 0 saturated carbocycles. The highest BCUT2D eigenvalue weighted by Crippen LogP contribution is 2.23. The first-order valence-corrected chi connectivity index (χ1v) is 9.94. The normalized spacial score (nSPS) is 11.9. The van der Waals surface area contributed by atoms with Gasteiger partial charge in [-0.05, 0) is 26.0 Å². The molecule has 1 aromatic carbocycles. The maximum absolute atomic E-state index is 12.6. The van der Waals surface area contributed by atoms with Gasteiger partial charge in [-0.25, -0.2) is 22.2 Å². The van der Waals surface area contributed by atoms with Crippen molar-refractivity contribution in [3.63, 3.8) is 0 Å². The summed E-state index contributed by atoms with van der Waals surface area (Å²) in [5.74, 6) is -0.386. The summed E-state index contributed by atoms with van der Waals surface area (Å²) in [6, 6.07) is 7.62. The third-order valence-corrected chi connectivity index (χ3v) is 6.33. The molecule has 0 aliphatic carbocycles. The summed E-state index contributed by atoms with van der Waals surface area (Å²) in [7, 11) is -0.846. The van der Waals surface area contributed by atoms with Crippen molar-refractivity contribution in [3.8, 4) is 0 Å². The highest BCUT2D eigenvalue weighted by atomic mass is 32.2. The third kappa shape index (κ3) is 3.56. The summed E-state index contributed by atoms with van der Waals surface area (Å²) < 4.78 is 27.6. The van der Waals surface area contributed by atoms with E-state index in [2.05, 4.69) is 15.4 Å². The van der Waals surface area contributed by atoms with E-state index in [1.165, 1.54) is 30.7 Å². The molecule has 3 rings (SSSR count). The molecule has 2 aromatic heterocycles. The molecule has 0 aliphatic heterocycles. The summed E-state index contributed by atoms with van der Waals surface area (Å²) in [5.41, 5.74) is 2.38. The topological polar surface area (TPSA) is 117 Å². The molecular weight excluding hydrogens is 382 g/mol. The Balaban J connectivity index is 1.93. The van der Waals surface area contributed by atoms with Gasteiger partial charge in [-0.3, -0.25) is 14.7 Å². The Hall–Kier alpha value is -2.98. The molecule has 2 N–H and O–H groups in total. The van der Waals surface area contributed by atoms with Crippen molar-refractivity contribution in [1.29, 1.82) is 0 Å². The molecule has 1 amide bonds. The van der Waals surface area contributed by atoms with E-state index < -0.39 is 10.0 Å². The molecular formula is C18H21N5O4S. The number of carbonyl (C=O) groups excluding carboxylic acids is 1. The Labute approximate surface area is 162 Å². The van der Waals surface area contributed by atoms with Crippen LogP contribution in [-0.2, 0) is 21.2 Å². The number of nitrogens with zero attached hydrogens (tertiary/aromatic N) is 3. The van der Waals surface area contributed by atoms with Crippen LogP contribution in [0.1, 0.15) is 17.0 Å². The van der Waals surface area contributed by atoms with Crippen LogP contribution in [0.25, 0.3) is 5.65 Å². The van der Waals surface area contributed by atoms with Gasteiger partial charge in [0.2, 0.25) is 15.9 Å². The van der Waals surface area contributed by atoms with Crippen LogP contribution in [-0.4, -0.2) is 47.3 Å². The standard InChI is InChI=1S/C18H21N5O4S/c1-11-13(12(2)23-16(19-11)10-18(25)21-23)9-17(24)20-14-7-5-6-8-15(14)28(26,27)22(3)4/h5-8,10H,9H2,1-4H3,(H,20,24)(H,21,25). The second kappa shape index (κ2) is 7.21. The van der Waals surface area contributed by atoms with Gasteiger partial charge in [0.15, 0.2) is 5.65 Å². The molecule has 0 saturated heterocycles. The summed E-state index contributed by atoms with van der Waals surface area (Å²) >= 11 is 0. The fourth-order valence-corrected chi connectivity index (χ4v) is 4.00. The molecule has 148 valence electrons. The van der Waals surface area contributed by atoms with E-state index in [-0.39, 0.29) is 28.5 Å². The van der Waals surface area contributed by atoms with Crippen LogP contribution in [0.5, 0.6) is 0 Å². The number of aromatic nitrogens is 3. The summed E-state index contributed by atoms with van der Waals surface area (Å²) in [6.45, 7) is 3.54. The Morgan fingerprint density at radius 2 is 1.93 bits per heavy atom. The second-order valence-corrected chi connectivity index (χ2v) is 8.70. The molecule has 3 aromatic rings. The van der Waals surface area contributed by atoms with Crippen molar-refractivity contribution < 1.29 is 13.2 Å². The number of aryl methyl sites for hydroxylation is 2. The highest BCUT2D eigenvalue weighted by molar-refractivity contribution is 7.89. The van der Waals surface area contributed by atoms with Gasteiger partial charge in [0.1, 0.15) is 4.90 Å². The van der Waals surface area contributed by atoms with Gasteiger partial charge in [0.25, 0.3) is 5.56 Å². The zero-order chi connectivity index (χ0) is 20.6. The lowest BCUT2D eigenvalue weighted by atomic mass is 10.1. The molecule has 0 unspecified atom stereocenters. The zero-order valence-corrected chi connectivity index (χ0v) is 16.8. The number of para-hydroxylation sites is 1. The minimum absolute atomic E-state index is 0.0167. The zero-order valence-electron chi connectivity index (χ0n) is 16.0. The van der Waals surface area contributed by atoms with Gasteiger partial charge in [-0.15, -0.1) is 0 Å². The van der Waals surface area contributed by atoms with E-state index in [0.29, 0.717) is 22.6 Å². The van der Waals surface area contributed by atoms with Crippen molar-refractivity contribution in [2.45, 2.75) is 25.2 Å². The Morgan fingerprint density at radius 1 is 1.25 bits per heavy atom. The maximum Gasteiger partial charge on any atom is 0.266 e. The Bertz CT molecular complexity index is 1220. The monoisotopic (exact) mass is 403 g/mol. The molecule has 2 heterocycles. The van der Waals surface area contributed by atoms with Crippen LogP contribution < -0.4 is 10.9 Å². The van der Waals surface area contributed by atoms with Crippen LogP contribution in [0.3, 0.4) is 0 Å². The number of anilines is 1. The first-order valence-electron chi connectivity index (χ1n) is 8.50. The third-order valence-electron chi connectivity index (χ3n) is 4.46. The number of hydrogen-bond donors (Lipinski definition) is 2. The number of amides is 1. The highest BCUT2D eigenvalue weighted by Gasteiger charge is 2.22. The van der Waals surface area contributed by atoms with E-state index in [1.807, 2.05) is 0 Å². The van der Waals surface area contributed by atoms with E-state index in [1.54, 1.807) is 32.0 Å². The van der Waals surface area contributed by atoms with Gasteiger partial charge in [0, 0.05) is 37.1 Å². The minimum atomic E-state index is -3.71. The van der Waals surface area contributed by atoms with Gasteiger partial charge < -0.3 is 5.32 Å². The van der Waals surface area contributed by atoms with Crippen LogP contribution >= 0.6 is 0 Å². The van der Waals surface area contributed by atoms with Crippen molar-refractivity contribution in [2.75, 3.05) is 19.4 Å². The van der Waals surface area contributed by atoms with Gasteiger partial charge >= 0.3 is 0 Å². The molecule has 9 nitrogen and oxygen atoms in total. The Kier molecular flexibility index (Phi) is 5.09. The number of hydrogen-bond acceptors (Lipinski definition) is 5. The minimum Gasteiger partial charge on any atom is -0.325 e. The number of carbonyl (C=O) groups is 1. The van der Waals surface area contributed by atoms with Crippen molar-refractivity contribution >= 4 is 27.3 Å². The Morgan fingerprint density at radius 3 is 2.61 bits per heavy atom. The average molecular weight is 403 g/mol. The molecule has 0 fully saturated rings. The molecule has 0 atom stereocenters. The van der Waals surface area contributed by atoms with Crippen LogP contribution in [0.4, 0.5) is 5.69 Å². The van der Waals surface area contributed by atoms with E-state index in [9.17, 15) is 18.0 Å². The van der Waals surface area contributed by atoms with E-state index in [4.69, 9.17) is 0 Å². The van der Waals surface area contributed by atoms with Gasteiger partial charge in [-0.2, -0.15) is 0 Å². The molecule has 0 aliphatic rings. The van der Waals surface area contributed by atoms with Crippen LogP contribution in [0.15, 0.2) is 40.0 Å². The number of rotatable bonds is 5. The smallest absolute Gasteiger partial charge is 0.266 e. The molecule has 0 bridgehead atoms. The maximum atomic E-state index is 12.6. The molecule has 0 radical (unpaired) electrons.